The molecule has 1 aromatic heterocycles. The van der Waals surface area contributed by atoms with Crippen molar-refractivity contribution in [2.75, 3.05) is 6.61 Å². The van der Waals surface area contributed by atoms with Crippen molar-refractivity contribution < 1.29 is 10.2 Å². The Bertz CT molecular complexity index is 517. The summed E-state index contributed by atoms with van der Waals surface area (Å²) in [6, 6.07) is 7.46. The fraction of sp³-hybridized carbons (Fsp3) is 0.300. The predicted octanol–water partition coefficient (Wildman–Crippen LogP) is -0.588. The zero-order valence-electron chi connectivity index (χ0n) is 7.96. The molecule has 0 bridgehead atoms. The number of rotatable bonds is 3. The average molecular weight is 272 g/mol. The molecular weight excluding hydrogens is 261 g/mol. The first-order valence-electron chi connectivity index (χ1n) is 4.60. The van der Waals surface area contributed by atoms with Crippen LogP contribution in [0.5, 0.6) is 0 Å². The molecule has 2 N–H and O–H groups in total. The van der Waals surface area contributed by atoms with Crippen molar-refractivity contribution >= 4 is 24.4 Å². The van der Waals surface area contributed by atoms with E-state index < -0.39 is 6.10 Å². The van der Waals surface area contributed by atoms with Crippen LogP contribution in [-0.2, 0) is 6.54 Å². The molecule has 1 aromatic carbocycles. The van der Waals surface area contributed by atoms with Gasteiger partial charge in [-0.25, -0.2) is 0 Å². The van der Waals surface area contributed by atoms with Crippen LogP contribution in [0, 0.1) is 0 Å². The molecule has 0 saturated heterocycles. The molecule has 4 nitrogen and oxygen atoms in total. The number of fused-ring (bicyclic) bond motifs is 1. The molecule has 0 spiro atoms. The SMILES string of the molecule is O=c1c2ccccc2[se]n1CC(O)CO. The van der Waals surface area contributed by atoms with Gasteiger partial charge in [0.15, 0.2) is 0 Å². The Morgan fingerprint density at radius 1 is 1.40 bits per heavy atom. The van der Waals surface area contributed by atoms with Crippen LogP contribution in [0.25, 0.3) is 9.65 Å². The molecular formula is C10H11NO3Se. The Morgan fingerprint density at radius 3 is 2.80 bits per heavy atom. The van der Waals surface area contributed by atoms with Crippen LogP contribution >= 0.6 is 0 Å². The number of hydrogen-bond acceptors (Lipinski definition) is 3. The number of aliphatic hydroxyl groups is 2. The van der Waals surface area contributed by atoms with Gasteiger partial charge in [-0.2, -0.15) is 0 Å². The number of benzene rings is 1. The molecule has 0 aliphatic rings. The molecule has 1 unspecified atom stereocenters. The maximum absolute atomic E-state index is 11.8. The third-order valence-electron chi connectivity index (χ3n) is 2.14. The van der Waals surface area contributed by atoms with Crippen molar-refractivity contribution in [2.45, 2.75) is 12.6 Å². The van der Waals surface area contributed by atoms with E-state index in [1.165, 1.54) is 0 Å². The zero-order chi connectivity index (χ0) is 10.8. The van der Waals surface area contributed by atoms with Crippen LogP contribution in [0.2, 0.25) is 0 Å². The first-order chi connectivity index (χ1) is 7.22. The number of aromatic nitrogens is 1. The summed E-state index contributed by atoms with van der Waals surface area (Å²) in [5, 5.41) is 18.7. The summed E-state index contributed by atoms with van der Waals surface area (Å²) in [4.78, 5) is 11.8. The Labute approximate surface area is 92.4 Å². The van der Waals surface area contributed by atoms with Crippen molar-refractivity contribution in [2.24, 2.45) is 0 Å². The summed E-state index contributed by atoms with van der Waals surface area (Å²) in [6.45, 7) is -0.0970. The van der Waals surface area contributed by atoms with E-state index in [0.29, 0.717) is 0 Å². The van der Waals surface area contributed by atoms with Gasteiger partial charge < -0.3 is 0 Å². The summed E-state index contributed by atoms with van der Waals surface area (Å²) in [5.74, 6) is 0. The van der Waals surface area contributed by atoms with Gasteiger partial charge >= 0.3 is 92.0 Å². The molecule has 5 heteroatoms. The quantitative estimate of drug-likeness (QED) is 0.734. The van der Waals surface area contributed by atoms with Crippen molar-refractivity contribution in [3.05, 3.63) is 34.6 Å². The van der Waals surface area contributed by atoms with Gasteiger partial charge in [0.1, 0.15) is 0 Å². The first kappa shape index (κ1) is 10.6. The molecule has 80 valence electrons. The topological polar surface area (TPSA) is 62.5 Å². The molecule has 0 fully saturated rings. The van der Waals surface area contributed by atoms with Gasteiger partial charge in [-0.05, 0) is 0 Å². The van der Waals surface area contributed by atoms with Gasteiger partial charge in [0.05, 0.1) is 0 Å². The van der Waals surface area contributed by atoms with Crippen LogP contribution in [0.4, 0.5) is 0 Å². The van der Waals surface area contributed by atoms with E-state index >= 15 is 0 Å². The fourth-order valence-corrected chi connectivity index (χ4v) is 3.61. The Morgan fingerprint density at radius 2 is 2.13 bits per heavy atom. The molecule has 0 saturated carbocycles. The summed E-state index contributed by atoms with van der Waals surface area (Å²) in [5.41, 5.74) is -0.0434. The minimum absolute atomic E-state index is 0.0434. The molecule has 0 aliphatic carbocycles. The minimum atomic E-state index is -0.842. The number of nitrogens with zero attached hydrogens (tertiary/aromatic N) is 1. The van der Waals surface area contributed by atoms with Crippen molar-refractivity contribution in [3.8, 4) is 0 Å². The Balaban J connectivity index is 2.45. The maximum atomic E-state index is 11.8. The van der Waals surface area contributed by atoms with Crippen LogP contribution < -0.4 is 5.56 Å². The monoisotopic (exact) mass is 273 g/mol. The fourth-order valence-electron chi connectivity index (χ4n) is 1.39. The van der Waals surface area contributed by atoms with E-state index in [9.17, 15) is 9.90 Å². The second-order valence-corrected chi connectivity index (χ2v) is 5.52. The van der Waals surface area contributed by atoms with Crippen molar-refractivity contribution in [1.82, 2.24) is 3.56 Å². The molecule has 1 heterocycles. The van der Waals surface area contributed by atoms with Crippen LogP contribution in [-0.4, -0.2) is 41.2 Å². The molecule has 2 rings (SSSR count). The summed E-state index contributed by atoms with van der Waals surface area (Å²) >= 11 is -0.0656. The standard InChI is InChI=1S/C10H11NO3Se/c12-6-7(13)5-11-10(14)8-3-1-2-4-9(8)15-11/h1-4,7,12-13H,5-6H2. The summed E-state index contributed by atoms with van der Waals surface area (Å²) in [7, 11) is 0. The predicted molar refractivity (Wildman–Crippen MR) is 58.2 cm³/mol. The molecule has 2 aromatic rings. The molecule has 15 heavy (non-hydrogen) atoms. The van der Waals surface area contributed by atoms with E-state index in [1.807, 2.05) is 18.2 Å². The van der Waals surface area contributed by atoms with Gasteiger partial charge in [0.25, 0.3) is 0 Å². The van der Waals surface area contributed by atoms with E-state index in [4.69, 9.17) is 5.11 Å². The normalized spacial score (nSPS) is 13.2. The molecule has 1 atom stereocenters. The molecule has 0 aliphatic heterocycles. The second kappa shape index (κ2) is 4.33. The third-order valence-corrected chi connectivity index (χ3v) is 4.42. The summed E-state index contributed by atoms with van der Waals surface area (Å²) in [6.07, 6.45) is -0.842. The number of hydrogen-bond donors (Lipinski definition) is 2. The van der Waals surface area contributed by atoms with Crippen molar-refractivity contribution in [3.63, 3.8) is 0 Å². The van der Waals surface area contributed by atoms with E-state index in [2.05, 4.69) is 0 Å². The van der Waals surface area contributed by atoms with Crippen LogP contribution in [0.1, 0.15) is 0 Å². The van der Waals surface area contributed by atoms with Crippen molar-refractivity contribution in [1.29, 1.82) is 0 Å². The molecule has 0 amide bonds. The van der Waals surface area contributed by atoms with Gasteiger partial charge in [-0.1, -0.05) is 0 Å². The average Bonchev–Trinajstić information content (AvgIpc) is 2.57. The third kappa shape index (κ3) is 2.06. The van der Waals surface area contributed by atoms with Crippen LogP contribution in [0.3, 0.4) is 0 Å². The Hall–Kier alpha value is -0.871. The Kier molecular flexibility index (Phi) is 3.07. The van der Waals surface area contributed by atoms with E-state index in [-0.39, 0.29) is 33.4 Å². The van der Waals surface area contributed by atoms with Gasteiger partial charge in [-0.3, -0.25) is 0 Å². The van der Waals surface area contributed by atoms with Gasteiger partial charge in [0.2, 0.25) is 0 Å². The van der Waals surface area contributed by atoms with E-state index in [1.54, 1.807) is 9.63 Å². The summed E-state index contributed by atoms with van der Waals surface area (Å²) < 4.78 is 2.65. The van der Waals surface area contributed by atoms with Gasteiger partial charge in [0, 0.05) is 0 Å². The van der Waals surface area contributed by atoms with Gasteiger partial charge in [-0.15, -0.1) is 0 Å². The number of aliphatic hydroxyl groups excluding tert-OH is 2. The van der Waals surface area contributed by atoms with Crippen LogP contribution in [0.15, 0.2) is 29.1 Å². The van der Waals surface area contributed by atoms with E-state index in [0.717, 1.165) is 9.65 Å². The first-order valence-corrected chi connectivity index (χ1v) is 6.22. The second-order valence-electron chi connectivity index (χ2n) is 3.29. The molecule has 0 radical (unpaired) electrons. The zero-order valence-corrected chi connectivity index (χ0v) is 9.67.